The van der Waals surface area contributed by atoms with E-state index in [4.69, 9.17) is 17.0 Å². The molecule has 1 heterocycles. The predicted octanol–water partition coefficient (Wildman–Crippen LogP) is 3.51. The zero-order valence-corrected chi connectivity index (χ0v) is 19.6. The van der Waals surface area contributed by atoms with Crippen molar-refractivity contribution >= 4 is 68.0 Å². The first kappa shape index (κ1) is 23.0. The van der Waals surface area contributed by atoms with Crippen LogP contribution in [0.2, 0.25) is 0 Å². The number of nitrogens with zero attached hydrogens (tertiary/aromatic N) is 1. The number of hydrazine groups is 1. The second-order valence-corrected chi connectivity index (χ2v) is 8.87. The summed E-state index contributed by atoms with van der Waals surface area (Å²) in [6.07, 6.45) is 1.71. The van der Waals surface area contributed by atoms with Gasteiger partial charge in [0.1, 0.15) is 16.6 Å². The third kappa shape index (κ3) is 6.16. The van der Waals surface area contributed by atoms with Gasteiger partial charge in [0.05, 0.1) is 11.5 Å². The Morgan fingerprint density at radius 2 is 1.81 bits per heavy atom. The van der Waals surface area contributed by atoms with Crippen LogP contribution >= 0.6 is 39.9 Å². The summed E-state index contributed by atoms with van der Waals surface area (Å²) in [5, 5.41) is 0. The minimum Gasteiger partial charge on any atom is -0.494 e. The Hall–Kier alpha value is -2.69. The normalized spacial score (nSPS) is 14.6. The smallest absolute Gasteiger partial charge is 0.269 e. The second-order valence-electron chi connectivity index (χ2n) is 6.28. The first-order valence-corrected chi connectivity index (χ1v) is 11.2. The number of benzene rings is 2. The van der Waals surface area contributed by atoms with Crippen molar-refractivity contribution in [3.05, 3.63) is 69.0 Å². The lowest BCUT2D eigenvalue weighted by Crippen LogP contribution is -2.47. The van der Waals surface area contributed by atoms with Crippen LogP contribution in [0.5, 0.6) is 5.75 Å². The van der Waals surface area contributed by atoms with Crippen LogP contribution in [-0.4, -0.2) is 40.1 Å². The lowest BCUT2D eigenvalue weighted by Gasteiger charge is -2.14. The SMILES string of the molecule is CCOc1ccc(/C=C2/SC(=S)N(CC(=O)NNC(=O)c3ccc(Br)cc3)C2=O)cc1. The number of hydrogen-bond acceptors (Lipinski definition) is 6. The van der Waals surface area contributed by atoms with Gasteiger partial charge in [0.15, 0.2) is 0 Å². The average Bonchev–Trinajstić information content (AvgIpc) is 3.01. The lowest BCUT2D eigenvalue weighted by molar-refractivity contribution is -0.129. The molecule has 10 heteroatoms. The Balaban J connectivity index is 1.57. The highest BCUT2D eigenvalue weighted by atomic mass is 79.9. The molecule has 0 unspecified atom stereocenters. The number of thioether (sulfide) groups is 1. The molecule has 0 spiro atoms. The zero-order chi connectivity index (χ0) is 22.4. The average molecular weight is 520 g/mol. The molecule has 7 nitrogen and oxygen atoms in total. The van der Waals surface area contributed by atoms with Gasteiger partial charge in [-0.1, -0.05) is 52.0 Å². The predicted molar refractivity (Wildman–Crippen MR) is 127 cm³/mol. The fourth-order valence-electron chi connectivity index (χ4n) is 2.60. The van der Waals surface area contributed by atoms with Crippen LogP contribution < -0.4 is 15.6 Å². The third-order valence-corrected chi connectivity index (χ3v) is 5.99. The molecule has 0 bridgehead atoms. The Kier molecular flexibility index (Phi) is 7.83. The van der Waals surface area contributed by atoms with E-state index in [1.807, 2.05) is 31.2 Å². The molecule has 3 amide bonds. The zero-order valence-electron chi connectivity index (χ0n) is 16.4. The summed E-state index contributed by atoms with van der Waals surface area (Å²) < 4.78 is 6.51. The van der Waals surface area contributed by atoms with Crippen molar-refractivity contribution in [1.29, 1.82) is 0 Å². The maximum Gasteiger partial charge on any atom is 0.269 e. The van der Waals surface area contributed by atoms with Crippen LogP contribution in [0.4, 0.5) is 0 Å². The number of carbonyl (C=O) groups is 3. The van der Waals surface area contributed by atoms with E-state index >= 15 is 0 Å². The fourth-order valence-corrected chi connectivity index (χ4v) is 4.12. The monoisotopic (exact) mass is 519 g/mol. The molecule has 2 aromatic carbocycles. The van der Waals surface area contributed by atoms with E-state index < -0.39 is 11.8 Å². The van der Waals surface area contributed by atoms with Crippen molar-refractivity contribution in [1.82, 2.24) is 15.8 Å². The van der Waals surface area contributed by atoms with Gasteiger partial charge in [-0.05, 0) is 55.0 Å². The van der Waals surface area contributed by atoms with Crippen molar-refractivity contribution in [2.75, 3.05) is 13.2 Å². The summed E-state index contributed by atoms with van der Waals surface area (Å²) in [4.78, 5) is 38.6. The Bertz CT molecular complexity index is 1040. The molecule has 1 aliphatic rings. The van der Waals surface area contributed by atoms with Crippen molar-refractivity contribution in [3.63, 3.8) is 0 Å². The van der Waals surface area contributed by atoms with E-state index in [0.29, 0.717) is 17.1 Å². The Morgan fingerprint density at radius 3 is 2.45 bits per heavy atom. The quantitative estimate of drug-likeness (QED) is 0.345. The first-order valence-electron chi connectivity index (χ1n) is 9.20. The molecule has 0 aliphatic carbocycles. The van der Waals surface area contributed by atoms with Crippen LogP contribution in [0.15, 0.2) is 57.9 Å². The van der Waals surface area contributed by atoms with E-state index in [2.05, 4.69) is 26.8 Å². The lowest BCUT2D eigenvalue weighted by atomic mass is 10.2. The van der Waals surface area contributed by atoms with Gasteiger partial charge >= 0.3 is 0 Å². The van der Waals surface area contributed by atoms with Gasteiger partial charge in [0, 0.05) is 10.0 Å². The number of halogens is 1. The third-order valence-electron chi connectivity index (χ3n) is 4.09. The standard InChI is InChI=1S/C21H18BrN3O4S2/c1-2-29-16-9-3-13(4-10-16)11-17-20(28)25(21(30)31-17)12-18(26)23-24-19(27)14-5-7-15(22)8-6-14/h3-11H,2,12H2,1H3,(H,23,26)(H,24,27)/b17-11+. The Labute approximate surface area is 197 Å². The maximum absolute atomic E-state index is 12.7. The van der Waals surface area contributed by atoms with Crippen LogP contribution in [-0.2, 0) is 9.59 Å². The summed E-state index contributed by atoms with van der Waals surface area (Å²) in [6.45, 7) is 2.18. The van der Waals surface area contributed by atoms with Crippen LogP contribution in [0.1, 0.15) is 22.8 Å². The molecule has 2 aromatic rings. The molecule has 0 aromatic heterocycles. The van der Waals surface area contributed by atoms with Gasteiger partial charge in [-0.15, -0.1) is 0 Å². The topological polar surface area (TPSA) is 87.7 Å². The van der Waals surface area contributed by atoms with Crippen molar-refractivity contribution in [2.45, 2.75) is 6.92 Å². The van der Waals surface area contributed by atoms with E-state index in [-0.39, 0.29) is 16.8 Å². The van der Waals surface area contributed by atoms with Crippen LogP contribution in [0.3, 0.4) is 0 Å². The molecule has 3 rings (SSSR count). The van der Waals surface area contributed by atoms with Gasteiger partial charge in [-0.2, -0.15) is 0 Å². The number of rotatable bonds is 6. The molecule has 2 N–H and O–H groups in total. The van der Waals surface area contributed by atoms with Crippen molar-refractivity contribution in [2.24, 2.45) is 0 Å². The largest absolute Gasteiger partial charge is 0.494 e. The summed E-state index contributed by atoms with van der Waals surface area (Å²) >= 11 is 9.65. The van der Waals surface area contributed by atoms with Gasteiger partial charge in [0.25, 0.3) is 17.7 Å². The highest BCUT2D eigenvalue weighted by Crippen LogP contribution is 2.32. The fraction of sp³-hybridized carbons (Fsp3) is 0.143. The maximum atomic E-state index is 12.7. The number of amides is 3. The first-order chi connectivity index (χ1) is 14.9. The Morgan fingerprint density at radius 1 is 1.13 bits per heavy atom. The second kappa shape index (κ2) is 10.6. The van der Waals surface area contributed by atoms with Crippen LogP contribution in [0, 0.1) is 0 Å². The van der Waals surface area contributed by atoms with Crippen molar-refractivity contribution < 1.29 is 19.1 Å². The van der Waals surface area contributed by atoms with Gasteiger partial charge in [-0.25, -0.2) is 0 Å². The summed E-state index contributed by atoms with van der Waals surface area (Å²) in [7, 11) is 0. The molecule has 1 saturated heterocycles. The molecular weight excluding hydrogens is 502 g/mol. The summed E-state index contributed by atoms with van der Waals surface area (Å²) in [5.41, 5.74) is 5.82. The van der Waals surface area contributed by atoms with Gasteiger partial charge in [-0.3, -0.25) is 30.1 Å². The summed E-state index contributed by atoms with van der Waals surface area (Å²) in [5.74, 6) is -0.655. The molecular formula is C21H18BrN3O4S2. The van der Waals surface area contributed by atoms with E-state index in [0.717, 1.165) is 27.5 Å². The molecule has 0 atom stereocenters. The number of nitrogens with one attached hydrogen (secondary N) is 2. The molecule has 31 heavy (non-hydrogen) atoms. The van der Waals surface area contributed by atoms with E-state index in [9.17, 15) is 14.4 Å². The number of ether oxygens (including phenoxy) is 1. The highest BCUT2D eigenvalue weighted by molar-refractivity contribution is 9.10. The minimum absolute atomic E-state index is 0.275. The minimum atomic E-state index is -0.566. The summed E-state index contributed by atoms with van der Waals surface area (Å²) in [6, 6.07) is 14.0. The number of hydrogen-bond donors (Lipinski definition) is 2. The van der Waals surface area contributed by atoms with E-state index in [1.54, 1.807) is 30.3 Å². The highest BCUT2D eigenvalue weighted by Gasteiger charge is 2.33. The number of thiocarbonyl (C=S) groups is 1. The van der Waals surface area contributed by atoms with Gasteiger partial charge < -0.3 is 4.74 Å². The van der Waals surface area contributed by atoms with Crippen molar-refractivity contribution in [3.8, 4) is 5.75 Å². The number of carbonyl (C=O) groups excluding carboxylic acids is 3. The molecule has 1 aliphatic heterocycles. The van der Waals surface area contributed by atoms with Crippen LogP contribution in [0.25, 0.3) is 6.08 Å². The molecule has 1 fully saturated rings. The molecule has 0 saturated carbocycles. The van der Waals surface area contributed by atoms with E-state index in [1.165, 1.54) is 4.90 Å². The molecule has 0 radical (unpaired) electrons. The molecule has 160 valence electrons. The van der Waals surface area contributed by atoms with Gasteiger partial charge in [0.2, 0.25) is 0 Å².